The zero-order valence-electron chi connectivity index (χ0n) is 32.8. The number of nitrogens with zero attached hydrogens (tertiary/aromatic N) is 1. The summed E-state index contributed by atoms with van der Waals surface area (Å²) in [5, 5.41) is 11.1. The number of carbonyl (C=O) groups excluding carboxylic acids is 1. The number of aromatic nitrogens is 1. The Balaban J connectivity index is 0.00000104. The Kier molecular flexibility index (Phi) is 8.68. The van der Waals surface area contributed by atoms with Crippen LogP contribution in [0.4, 0.5) is 0 Å². The molecule has 50 heavy (non-hydrogen) atoms. The van der Waals surface area contributed by atoms with E-state index in [0.29, 0.717) is 17.8 Å². The minimum atomic E-state index is -0.370. The topological polar surface area (TPSA) is 51.5 Å². The number of aliphatic hydroxyl groups is 1. The summed E-state index contributed by atoms with van der Waals surface area (Å²) < 4.78 is 9.22. The van der Waals surface area contributed by atoms with Gasteiger partial charge < -0.3 is 14.4 Å². The molecule has 270 valence electrons. The number of carbonyl (C=O) groups is 1. The largest absolute Gasteiger partial charge is 0.392 e. The first-order valence-electron chi connectivity index (χ1n) is 19.1. The first kappa shape index (κ1) is 36.8. The highest BCUT2D eigenvalue weighted by Gasteiger charge is 2.67. The van der Waals surface area contributed by atoms with Gasteiger partial charge in [-0.15, -0.1) is 26.3 Å². The van der Waals surface area contributed by atoms with Crippen molar-refractivity contribution in [1.82, 2.24) is 4.57 Å². The summed E-state index contributed by atoms with van der Waals surface area (Å²) in [5.41, 5.74) is 9.27. The van der Waals surface area contributed by atoms with Crippen LogP contribution in [0.2, 0.25) is 0 Å². The highest BCUT2D eigenvalue weighted by Crippen LogP contribution is 2.72. The van der Waals surface area contributed by atoms with E-state index < -0.39 is 0 Å². The maximum Gasteiger partial charge on any atom is 0.192 e. The van der Waals surface area contributed by atoms with Gasteiger partial charge in [-0.25, -0.2) is 0 Å². The van der Waals surface area contributed by atoms with Gasteiger partial charge >= 0.3 is 0 Å². The zero-order valence-corrected chi connectivity index (χ0v) is 32.8. The number of ketones is 1. The number of hydrogen-bond acceptors (Lipinski definition) is 3. The van der Waals surface area contributed by atoms with Gasteiger partial charge in [0.2, 0.25) is 0 Å². The average molecular weight is 678 g/mol. The van der Waals surface area contributed by atoms with E-state index in [2.05, 4.69) is 125 Å². The van der Waals surface area contributed by atoms with Crippen molar-refractivity contribution in [2.24, 2.45) is 34.5 Å². The number of ether oxygens (including phenoxy) is 1. The van der Waals surface area contributed by atoms with Gasteiger partial charge in [0.05, 0.1) is 23.3 Å². The van der Waals surface area contributed by atoms with Crippen molar-refractivity contribution >= 4 is 22.3 Å². The van der Waals surface area contributed by atoms with Crippen LogP contribution in [0.15, 0.2) is 62.8 Å². The van der Waals surface area contributed by atoms with Gasteiger partial charge in [-0.3, -0.25) is 4.79 Å². The third-order valence-electron chi connectivity index (χ3n) is 15.0. The molecule has 4 nitrogen and oxygen atoms in total. The summed E-state index contributed by atoms with van der Waals surface area (Å²) in [4.78, 5) is 14.9. The van der Waals surface area contributed by atoms with Gasteiger partial charge in [0, 0.05) is 28.0 Å². The van der Waals surface area contributed by atoms with Crippen molar-refractivity contribution in [3.63, 3.8) is 0 Å². The molecule has 9 atom stereocenters. The van der Waals surface area contributed by atoms with Gasteiger partial charge in [0.1, 0.15) is 6.04 Å². The van der Waals surface area contributed by atoms with Crippen molar-refractivity contribution in [3.8, 4) is 0 Å². The molecule has 0 radical (unpaired) electrons. The first-order valence-corrected chi connectivity index (χ1v) is 19.1. The molecule has 0 saturated heterocycles. The van der Waals surface area contributed by atoms with Crippen molar-refractivity contribution < 1.29 is 14.6 Å². The Bertz CT molecular complexity index is 1830. The summed E-state index contributed by atoms with van der Waals surface area (Å²) in [6.07, 6.45) is 12.6. The molecular formula is C46H63NO3. The molecule has 0 amide bonds. The van der Waals surface area contributed by atoms with Crippen LogP contribution in [0.5, 0.6) is 0 Å². The summed E-state index contributed by atoms with van der Waals surface area (Å²) in [7, 11) is 0. The minimum Gasteiger partial charge on any atom is -0.392 e. The molecule has 1 N–H and O–H groups in total. The Morgan fingerprint density at radius 1 is 1.04 bits per heavy atom. The normalized spacial score (nSPS) is 38.1. The molecule has 1 aromatic carbocycles. The molecular weight excluding hydrogens is 615 g/mol. The fraction of sp³-hybridized carbons (Fsp3) is 0.587. The van der Waals surface area contributed by atoms with Crippen LogP contribution in [0, 0.1) is 34.5 Å². The number of Topliss-reactive ketones (excluding diaryl/α,β-unsaturated/α-hetero) is 1. The quantitative estimate of drug-likeness (QED) is 0.329. The van der Waals surface area contributed by atoms with Crippen LogP contribution in [0.1, 0.15) is 140 Å². The second-order valence-electron chi connectivity index (χ2n) is 18.1. The van der Waals surface area contributed by atoms with Crippen molar-refractivity contribution in [3.05, 3.63) is 90.7 Å². The smallest absolute Gasteiger partial charge is 0.192 e. The van der Waals surface area contributed by atoms with Crippen molar-refractivity contribution in [2.45, 2.75) is 130 Å². The summed E-state index contributed by atoms with van der Waals surface area (Å²) in [5.74, 6) is 2.27. The first-order chi connectivity index (χ1) is 23.4. The van der Waals surface area contributed by atoms with E-state index in [1.54, 1.807) is 0 Å². The number of aliphatic hydroxyl groups excluding tert-OH is 1. The summed E-state index contributed by atoms with van der Waals surface area (Å²) in [6, 6.07) is 2.16. The Morgan fingerprint density at radius 2 is 1.70 bits per heavy atom. The second-order valence-corrected chi connectivity index (χ2v) is 18.1. The van der Waals surface area contributed by atoms with Crippen LogP contribution in [-0.4, -0.2) is 33.3 Å². The molecule has 4 heteroatoms. The third-order valence-corrected chi connectivity index (χ3v) is 15.0. The van der Waals surface area contributed by atoms with Gasteiger partial charge in [0.15, 0.2) is 5.78 Å². The predicted octanol–water partition coefficient (Wildman–Crippen LogP) is 11.1. The number of rotatable bonds is 3. The van der Waals surface area contributed by atoms with Gasteiger partial charge in [0.25, 0.3) is 0 Å². The van der Waals surface area contributed by atoms with E-state index in [9.17, 15) is 9.90 Å². The molecule has 4 aliphatic carbocycles. The zero-order chi connectivity index (χ0) is 37.1. The number of allylic oxidation sites excluding steroid dienone is 2. The van der Waals surface area contributed by atoms with Gasteiger partial charge in [-0.1, -0.05) is 58.9 Å². The average Bonchev–Trinajstić information content (AvgIpc) is 3.73. The van der Waals surface area contributed by atoms with Crippen LogP contribution in [-0.2, 0) is 16.6 Å². The fourth-order valence-electron chi connectivity index (χ4n) is 13.1. The monoisotopic (exact) mass is 677 g/mol. The molecule has 0 spiro atoms. The SMILES string of the molecule is C=C.C=C.C=C(C)[C@H]1C(=O)c2c3c(cc4c5c(n1c24)[C@@]1(C)C(CC[C@H]2[C@](C)(C=CCO)[C@@H](C)CC[C@@]21C)C5)C1=CC(C)(C)OC(C)(C)C1[C@@H]3C. The van der Waals surface area contributed by atoms with Crippen molar-refractivity contribution in [1.29, 1.82) is 0 Å². The summed E-state index contributed by atoms with van der Waals surface area (Å²) >= 11 is 0. The molecule has 6 aliphatic rings. The fourth-order valence-corrected chi connectivity index (χ4v) is 13.1. The second kappa shape index (κ2) is 11.8. The van der Waals surface area contributed by atoms with E-state index in [1.165, 1.54) is 64.5 Å². The van der Waals surface area contributed by atoms with Crippen LogP contribution in [0.25, 0.3) is 16.5 Å². The number of hydrogen-bond donors (Lipinski definition) is 1. The molecule has 3 heterocycles. The standard InChI is InChI=1S/C42H55NO3.2C2H4/c1-22(2)34-36(45)32-31-24(4)33-29(21-38(5,6)46-39(33,7)8)26(31)20-27-28-19-25-13-14-30-40(9,16-12-18-44)23(3)15-17-41(30,10)42(25,11)37(28)43(34)35(27)32;2*1-2/h12,16,20-21,23-25,30,33-34,44H,1,13-15,17-19H2,2-11H3;2*1-2H2/t23-,24+,25?,30-,33?,34-,40+,41-,42+;;/m0../s1. The van der Waals surface area contributed by atoms with Crippen molar-refractivity contribution in [2.75, 3.05) is 6.61 Å². The van der Waals surface area contributed by atoms with Gasteiger partial charge in [-0.05, 0) is 136 Å². The van der Waals surface area contributed by atoms with Crippen LogP contribution < -0.4 is 0 Å². The lowest BCUT2D eigenvalue weighted by Gasteiger charge is -2.65. The molecule has 0 bridgehead atoms. The van der Waals surface area contributed by atoms with Crippen LogP contribution >= 0.6 is 0 Å². The number of benzene rings is 1. The third kappa shape index (κ3) is 4.39. The lowest BCUT2D eigenvalue weighted by Crippen LogP contribution is -2.60. The maximum absolute atomic E-state index is 14.9. The highest BCUT2D eigenvalue weighted by molar-refractivity contribution is 6.18. The van der Waals surface area contributed by atoms with E-state index in [1.807, 2.05) is 6.08 Å². The lowest BCUT2D eigenvalue weighted by molar-refractivity contribution is -0.127. The minimum absolute atomic E-state index is 0.0268. The Labute approximate surface area is 302 Å². The highest BCUT2D eigenvalue weighted by atomic mass is 16.5. The maximum atomic E-state index is 14.9. The van der Waals surface area contributed by atoms with E-state index in [0.717, 1.165) is 17.6 Å². The summed E-state index contributed by atoms with van der Waals surface area (Å²) in [6.45, 7) is 39.8. The molecule has 2 saturated carbocycles. The molecule has 8 rings (SSSR count). The molecule has 2 aliphatic heterocycles. The number of fused-ring (bicyclic) bond motifs is 11. The lowest BCUT2D eigenvalue weighted by atomic mass is 9.39. The van der Waals surface area contributed by atoms with E-state index in [4.69, 9.17) is 4.74 Å². The molecule has 1 aromatic heterocycles. The Hall–Kier alpha value is -2.95. The van der Waals surface area contributed by atoms with E-state index in [-0.39, 0.29) is 57.7 Å². The predicted molar refractivity (Wildman–Crippen MR) is 210 cm³/mol. The molecule has 2 aromatic rings. The molecule has 2 unspecified atom stereocenters. The van der Waals surface area contributed by atoms with Crippen LogP contribution in [0.3, 0.4) is 0 Å². The van der Waals surface area contributed by atoms with Gasteiger partial charge in [-0.2, -0.15) is 0 Å². The Morgan fingerprint density at radius 3 is 2.32 bits per heavy atom. The van der Waals surface area contributed by atoms with E-state index >= 15 is 0 Å². The molecule has 2 fully saturated rings.